The summed E-state index contributed by atoms with van der Waals surface area (Å²) < 4.78 is 68.2. The van der Waals surface area contributed by atoms with Crippen molar-refractivity contribution in [3.05, 3.63) is 23.2 Å². The highest BCUT2D eigenvalue weighted by Crippen LogP contribution is 2.37. The number of alkyl halides is 3. The van der Waals surface area contributed by atoms with E-state index in [0.29, 0.717) is 6.42 Å². The van der Waals surface area contributed by atoms with Gasteiger partial charge in [-0.05, 0) is 38.3 Å². The van der Waals surface area contributed by atoms with Crippen molar-refractivity contribution in [3.8, 4) is 11.8 Å². The van der Waals surface area contributed by atoms with Gasteiger partial charge in [-0.2, -0.15) is 18.4 Å². The Kier molecular flexibility index (Phi) is 6.83. The standard InChI is InChI=1S/C17H18ClF3N2O4S/c1-10(17(19,20)21)27-12-3-5-15(14(18)9-12)28(25,26)13-4-2-11(8-13)16(24)23-7-6-22/h3,5,9-11,13H,2,4,7-8H2,1H3,(H,23,24)/t10-,11?,13+/m1/s1. The third-order valence-electron chi connectivity index (χ3n) is 4.52. The van der Waals surface area contributed by atoms with Crippen LogP contribution in [0.2, 0.25) is 5.02 Å². The van der Waals surface area contributed by atoms with E-state index in [2.05, 4.69) is 5.32 Å². The molecule has 0 radical (unpaired) electrons. The number of nitrogens with one attached hydrogen (secondary N) is 1. The van der Waals surface area contributed by atoms with E-state index in [1.807, 2.05) is 0 Å². The molecular formula is C17H18ClF3N2O4S. The van der Waals surface area contributed by atoms with Crippen LogP contribution in [0, 0.1) is 17.2 Å². The van der Waals surface area contributed by atoms with E-state index in [1.165, 1.54) is 0 Å². The predicted molar refractivity (Wildman–Crippen MR) is 94.5 cm³/mol. The van der Waals surface area contributed by atoms with Crippen LogP contribution in [0.4, 0.5) is 13.2 Å². The summed E-state index contributed by atoms with van der Waals surface area (Å²) in [5, 5.41) is 9.81. The summed E-state index contributed by atoms with van der Waals surface area (Å²) in [5.41, 5.74) is 0. The molecule has 1 fully saturated rings. The van der Waals surface area contributed by atoms with Crippen molar-refractivity contribution in [2.75, 3.05) is 6.54 Å². The fourth-order valence-corrected chi connectivity index (χ4v) is 5.34. The molecule has 28 heavy (non-hydrogen) atoms. The molecule has 1 saturated carbocycles. The molecule has 6 nitrogen and oxygen atoms in total. The first-order valence-electron chi connectivity index (χ1n) is 8.38. The Balaban J connectivity index is 2.14. The molecule has 0 aromatic heterocycles. The molecule has 0 heterocycles. The lowest BCUT2D eigenvalue weighted by atomic mass is 10.1. The van der Waals surface area contributed by atoms with Gasteiger partial charge in [-0.15, -0.1) is 0 Å². The summed E-state index contributed by atoms with van der Waals surface area (Å²) in [7, 11) is -3.88. The Morgan fingerprint density at radius 3 is 2.68 bits per heavy atom. The van der Waals surface area contributed by atoms with Crippen LogP contribution in [-0.4, -0.2) is 38.4 Å². The summed E-state index contributed by atoms with van der Waals surface area (Å²) in [6, 6.07) is 5.03. The largest absolute Gasteiger partial charge is 0.481 e. The van der Waals surface area contributed by atoms with E-state index in [1.54, 1.807) is 6.07 Å². The van der Waals surface area contributed by atoms with Crippen LogP contribution in [0.25, 0.3) is 0 Å². The number of halogens is 4. The van der Waals surface area contributed by atoms with Gasteiger partial charge in [0.1, 0.15) is 12.3 Å². The molecule has 1 aromatic carbocycles. The van der Waals surface area contributed by atoms with Gasteiger partial charge in [0.05, 0.1) is 21.2 Å². The number of ether oxygens (including phenoxy) is 1. The lowest BCUT2D eigenvalue weighted by molar-refractivity contribution is -0.189. The molecule has 0 aliphatic heterocycles. The minimum atomic E-state index is -4.57. The van der Waals surface area contributed by atoms with E-state index in [0.717, 1.165) is 25.1 Å². The van der Waals surface area contributed by atoms with Gasteiger partial charge in [-0.1, -0.05) is 11.6 Å². The van der Waals surface area contributed by atoms with Crippen LogP contribution in [0.15, 0.2) is 23.1 Å². The number of amides is 1. The molecule has 1 aromatic rings. The molecule has 1 aliphatic rings. The van der Waals surface area contributed by atoms with Crippen molar-refractivity contribution in [1.82, 2.24) is 5.32 Å². The van der Waals surface area contributed by atoms with Crippen LogP contribution in [0.1, 0.15) is 26.2 Å². The molecular weight excluding hydrogens is 421 g/mol. The summed E-state index contributed by atoms with van der Waals surface area (Å²) in [6.45, 7) is 0.672. The van der Waals surface area contributed by atoms with Crippen molar-refractivity contribution in [2.24, 2.45) is 5.92 Å². The highest BCUT2D eigenvalue weighted by Gasteiger charge is 2.40. The van der Waals surface area contributed by atoms with Crippen LogP contribution in [0.3, 0.4) is 0 Å². The van der Waals surface area contributed by atoms with Gasteiger partial charge >= 0.3 is 6.18 Å². The van der Waals surface area contributed by atoms with Crippen LogP contribution >= 0.6 is 11.6 Å². The predicted octanol–water partition coefficient (Wildman–Crippen LogP) is 3.25. The zero-order valence-electron chi connectivity index (χ0n) is 14.8. The van der Waals surface area contributed by atoms with Crippen molar-refractivity contribution < 1.29 is 31.1 Å². The Bertz CT molecular complexity index is 883. The Labute approximate surface area is 165 Å². The van der Waals surface area contributed by atoms with Gasteiger partial charge in [0.25, 0.3) is 0 Å². The number of hydrogen-bond donors (Lipinski definition) is 1. The number of nitriles is 1. The highest BCUT2D eigenvalue weighted by atomic mass is 35.5. The molecule has 2 rings (SSSR count). The van der Waals surface area contributed by atoms with E-state index >= 15 is 0 Å². The molecule has 1 amide bonds. The normalized spacial score (nSPS) is 21.0. The second-order valence-corrected chi connectivity index (χ2v) is 9.05. The molecule has 1 aliphatic carbocycles. The number of sulfone groups is 1. The van der Waals surface area contributed by atoms with Crippen LogP contribution < -0.4 is 10.1 Å². The van der Waals surface area contributed by atoms with E-state index in [9.17, 15) is 26.4 Å². The maximum Gasteiger partial charge on any atom is 0.425 e. The van der Waals surface area contributed by atoms with Crippen molar-refractivity contribution in [1.29, 1.82) is 5.26 Å². The molecule has 154 valence electrons. The molecule has 1 N–H and O–H groups in total. The highest BCUT2D eigenvalue weighted by molar-refractivity contribution is 7.92. The number of benzene rings is 1. The van der Waals surface area contributed by atoms with Crippen molar-refractivity contribution in [3.63, 3.8) is 0 Å². The number of nitrogens with zero attached hydrogens (tertiary/aromatic N) is 1. The smallest absolute Gasteiger partial charge is 0.425 e. The number of carbonyl (C=O) groups is 1. The number of rotatable bonds is 6. The van der Waals surface area contributed by atoms with E-state index in [4.69, 9.17) is 21.6 Å². The molecule has 1 unspecified atom stereocenters. The van der Waals surface area contributed by atoms with Gasteiger partial charge in [0.15, 0.2) is 15.9 Å². The topological polar surface area (TPSA) is 96.3 Å². The van der Waals surface area contributed by atoms with Gasteiger partial charge in [-0.3, -0.25) is 4.79 Å². The minimum absolute atomic E-state index is 0.0826. The van der Waals surface area contributed by atoms with Crippen LogP contribution in [-0.2, 0) is 14.6 Å². The minimum Gasteiger partial charge on any atom is -0.481 e. The fourth-order valence-electron chi connectivity index (χ4n) is 2.97. The molecule has 0 saturated heterocycles. The van der Waals surface area contributed by atoms with Crippen molar-refractivity contribution >= 4 is 27.3 Å². The second-order valence-electron chi connectivity index (χ2n) is 6.45. The molecule has 0 bridgehead atoms. The lowest BCUT2D eigenvalue weighted by Gasteiger charge is -2.19. The average molecular weight is 439 g/mol. The molecule has 0 spiro atoms. The fraction of sp³-hybridized carbons (Fsp3) is 0.529. The first kappa shape index (κ1) is 22.3. The second kappa shape index (κ2) is 8.57. The summed E-state index contributed by atoms with van der Waals surface area (Å²) in [6.07, 6.45) is -5.97. The quantitative estimate of drug-likeness (QED) is 0.688. The maximum absolute atomic E-state index is 12.8. The van der Waals surface area contributed by atoms with Gasteiger partial charge < -0.3 is 10.1 Å². The van der Waals surface area contributed by atoms with Gasteiger partial charge in [0, 0.05) is 12.0 Å². The van der Waals surface area contributed by atoms with E-state index in [-0.39, 0.29) is 41.0 Å². The lowest BCUT2D eigenvalue weighted by Crippen LogP contribution is -2.31. The van der Waals surface area contributed by atoms with Crippen molar-refractivity contribution in [2.45, 2.75) is 48.6 Å². The Hall–Kier alpha value is -1.99. The maximum atomic E-state index is 12.8. The van der Waals surface area contributed by atoms with Gasteiger partial charge in [0.2, 0.25) is 5.91 Å². The summed E-state index contributed by atoms with van der Waals surface area (Å²) in [5.74, 6) is -1.11. The third kappa shape index (κ3) is 5.08. The SMILES string of the molecule is C[C@@H](Oc1ccc(S(=O)(=O)[C@H]2CCC(C(=O)NCC#N)C2)c(Cl)c1)C(F)(F)F. The average Bonchev–Trinajstić information content (AvgIpc) is 3.09. The molecule has 3 atom stereocenters. The summed E-state index contributed by atoms with van der Waals surface area (Å²) in [4.78, 5) is 11.7. The first-order valence-corrected chi connectivity index (χ1v) is 10.3. The van der Waals surface area contributed by atoms with Gasteiger partial charge in [-0.25, -0.2) is 8.42 Å². The van der Waals surface area contributed by atoms with Crippen LogP contribution in [0.5, 0.6) is 5.75 Å². The first-order chi connectivity index (χ1) is 13.0. The Morgan fingerprint density at radius 1 is 1.43 bits per heavy atom. The number of carbonyl (C=O) groups excluding carboxylic acids is 1. The zero-order valence-corrected chi connectivity index (χ0v) is 16.4. The molecule has 11 heteroatoms. The third-order valence-corrected chi connectivity index (χ3v) is 7.22. The monoisotopic (exact) mass is 438 g/mol. The number of hydrogen-bond acceptors (Lipinski definition) is 5. The zero-order chi connectivity index (χ0) is 21.1. The van der Waals surface area contributed by atoms with E-state index < -0.39 is 33.3 Å². The summed E-state index contributed by atoms with van der Waals surface area (Å²) >= 11 is 6.00. The Morgan fingerprint density at radius 2 is 2.11 bits per heavy atom.